The molecule has 6 nitrogen and oxygen atoms in total. The van der Waals surface area contributed by atoms with Gasteiger partial charge >= 0.3 is 6.03 Å². The molecule has 0 aliphatic carbocycles. The zero-order valence-electron chi connectivity index (χ0n) is 15.2. The summed E-state index contributed by atoms with van der Waals surface area (Å²) in [5, 5.41) is 2.95. The molecular formula is C19H27FN2O4. The second-order valence-corrected chi connectivity index (χ2v) is 7.05. The second-order valence-electron chi connectivity index (χ2n) is 7.05. The molecule has 2 aliphatic rings. The number of rotatable bonds is 4. The Bertz CT molecular complexity index is 590. The highest BCUT2D eigenvalue weighted by atomic mass is 19.1. The molecule has 1 aromatic rings. The van der Waals surface area contributed by atoms with Crippen LogP contribution in [0.1, 0.15) is 24.5 Å². The van der Waals surface area contributed by atoms with Crippen molar-refractivity contribution in [2.24, 2.45) is 5.41 Å². The number of methoxy groups -OCH3 is 1. The minimum atomic E-state index is -0.320. The lowest BCUT2D eigenvalue weighted by atomic mass is 9.80. The van der Waals surface area contributed by atoms with Crippen molar-refractivity contribution in [1.82, 2.24) is 10.2 Å². The van der Waals surface area contributed by atoms with Crippen LogP contribution in [0, 0.1) is 11.2 Å². The van der Waals surface area contributed by atoms with Crippen molar-refractivity contribution in [1.29, 1.82) is 0 Å². The second kappa shape index (κ2) is 8.79. The topological polar surface area (TPSA) is 60.0 Å². The Morgan fingerprint density at radius 1 is 1.27 bits per heavy atom. The lowest BCUT2D eigenvalue weighted by Gasteiger charge is -2.38. The van der Waals surface area contributed by atoms with Crippen molar-refractivity contribution >= 4 is 6.03 Å². The Morgan fingerprint density at radius 3 is 2.69 bits per heavy atom. The van der Waals surface area contributed by atoms with Crippen molar-refractivity contribution in [3.63, 3.8) is 0 Å². The number of nitrogens with one attached hydrogen (secondary N) is 1. The van der Waals surface area contributed by atoms with Gasteiger partial charge in [0.05, 0.1) is 19.3 Å². The normalized spacial score (nSPS) is 21.2. The maximum Gasteiger partial charge on any atom is 0.317 e. The third-order valence-corrected chi connectivity index (χ3v) is 5.25. The first kappa shape index (κ1) is 19.1. The summed E-state index contributed by atoms with van der Waals surface area (Å²) in [7, 11) is 1.58. The Kier molecular flexibility index (Phi) is 6.45. The molecule has 3 rings (SSSR count). The zero-order valence-corrected chi connectivity index (χ0v) is 15.2. The lowest BCUT2D eigenvalue weighted by molar-refractivity contribution is -0.0295. The molecule has 2 saturated heterocycles. The molecule has 0 bridgehead atoms. The van der Waals surface area contributed by atoms with E-state index in [4.69, 9.17) is 14.2 Å². The summed E-state index contributed by atoms with van der Waals surface area (Å²) in [5.41, 5.74) is 0.818. The highest BCUT2D eigenvalue weighted by Crippen LogP contribution is 2.33. The number of carbonyl (C=O) groups is 1. The summed E-state index contributed by atoms with van der Waals surface area (Å²) in [5.74, 6) is -0.293. The molecule has 2 aliphatic heterocycles. The van der Waals surface area contributed by atoms with Gasteiger partial charge in [0, 0.05) is 45.4 Å². The first-order chi connectivity index (χ1) is 12.6. The summed E-state index contributed by atoms with van der Waals surface area (Å²) in [6.07, 6.45) is 1.50. The average Bonchev–Trinajstić information content (AvgIpc) is 2.87. The Hall–Kier alpha value is -1.70. The Balaban J connectivity index is 1.58. The summed E-state index contributed by atoms with van der Waals surface area (Å²) in [4.78, 5) is 14.5. The third-order valence-electron chi connectivity index (χ3n) is 5.25. The molecule has 1 aromatic carbocycles. The van der Waals surface area contributed by atoms with Crippen LogP contribution >= 0.6 is 0 Å². The van der Waals surface area contributed by atoms with Crippen molar-refractivity contribution in [2.75, 3.05) is 53.2 Å². The SMILES string of the molecule is COC(CNC(=O)N1CCOCC2(CCOCC2)C1)c1ccc(F)cc1. The summed E-state index contributed by atoms with van der Waals surface area (Å²) in [6.45, 7) is 4.23. The number of carbonyl (C=O) groups excluding carboxylic acids is 1. The minimum absolute atomic E-state index is 0.0102. The van der Waals surface area contributed by atoms with E-state index in [9.17, 15) is 9.18 Å². The van der Waals surface area contributed by atoms with E-state index < -0.39 is 0 Å². The highest BCUT2D eigenvalue weighted by molar-refractivity contribution is 5.74. The first-order valence-corrected chi connectivity index (χ1v) is 9.08. The minimum Gasteiger partial charge on any atom is -0.381 e. The van der Waals surface area contributed by atoms with E-state index in [1.54, 1.807) is 19.2 Å². The summed E-state index contributed by atoms with van der Waals surface area (Å²) >= 11 is 0. The third kappa shape index (κ3) is 4.72. The molecule has 2 fully saturated rings. The number of halogens is 1. The van der Waals surface area contributed by atoms with Gasteiger partial charge in [-0.3, -0.25) is 0 Å². The quantitative estimate of drug-likeness (QED) is 0.889. The first-order valence-electron chi connectivity index (χ1n) is 9.08. The van der Waals surface area contributed by atoms with E-state index in [2.05, 4.69) is 5.32 Å². The van der Waals surface area contributed by atoms with Crippen LogP contribution in [0.15, 0.2) is 24.3 Å². The van der Waals surface area contributed by atoms with Crippen LogP contribution in [0.2, 0.25) is 0 Å². The summed E-state index contributed by atoms with van der Waals surface area (Å²) < 4.78 is 29.8. The van der Waals surface area contributed by atoms with Crippen molar-refractivity contribution in [3.05, 3.63) is 35.6 Å². The van der Waals surface area contributed by atoms with Gasteiger partial charge in [0.2, 0.25) is 0 Å². The number of urea groups is 1. The van der Waals surface area contributed by atoms with Gasteiger partial charge < -0.3 is 24.4 Å². The van der Waals surface area contributed by atoms with Crippen molar-refractivity contribution in [2.45, 2.75) is 18.9 Å². The van der Waals surface area contributed by atoms with Crippen LogP contribution in [0.25, 0.3) is 0 Å². The van der Waals surface area contributed by atoms with Gasteiger partial charge in [-0.15, -0.1) is 0 Å². The Morgan fingerprint density at radius 2 is 2.00 bits per heavy atom. The number of ether oxygens (including phenoxy) is 3. The van der Waals surface area contributed by atoms with E-state index in [0.29, 0.717) is 32.8 Å². The monoisotopic (exact) mass is 366 g/mol. The fourth-order valence-electron chi connectivity index (χ4n) is 3.58. The van der Waals surface area contributed by atoms with Crippen molar-refractivity contribution in [3.8, 4) is 0 Å². The maximum absolute atomic E-state index is 13.1. The van der Waals surface area contributed by atoms with Gasteiger partial charge in [-0.25, -0.2) is 9.18 Å². The van der Waals surface area contributed by atoms with Gasteiger partial charge in [0.25, 0.3) is 0 Å². The predicted octanol–water partition coefficient (Wildman–Crippen LogP) is 2.35. The van der Waals surface area contributed by atoms with E-state index in [-0.39, 0.29) is 23.4 Å². The molecule has 1 N–H and O–H groups in total. The van der Waals surface area contributed by atoms with Gasteiger partial charge in [-0.05, 0) is 30.5 Å². The van der Waals surface area contributed by atoms with Crippen LogP contribution in [0.3, 0.4) is 0 Å². The van der Waals surface area contributed by atoms with Crippen LogP contribution in [-0.2, 0) is 14.2 Å². The molecule has 0 radical (unpaired) electrons. The smallest absolute Gasteiger partial charge is 0.317 e. The van der Waals surface area contributed by atoms with E-state index in [0.717, 1.165) is 31.6 Å². The Labute approximate surface area is 153 Å². The van der Waals surface area contributed by atoms with Crippen LogP contribution in [0.4, 0.5) is 9.18 Å². The molecule has 1 spiro atoms. The number of nitrogens with zero attached hydrogens (tertiary/aromatic N) is 1. The average molecular weight is 366 g/mol. The van der Waals surface area contributed by atoms with E-state index >= 15 is 0 Å². The molecule has 2 heterocycles. The molecule has 26 heavy (non-hydrogen) atoms. The van der Waals surface area contributed by atoms with Crippen LogP contribution in [-0.4, -0.2) is 64.1 Å². The molecule has 1 unspecified atom stereocenters. The molecule has 0 saturated carbocycles. The maximum atomic E-state index is 13.1. The molecule has 144 valence electrons. The van der Waals surface area contributed by atoms with Gasteiger partial charge in [0.1, 0.15) is 5.82 Å². The summed E-state index contributed by atoms with van der Waals surface area (Å²) in [6, 6.07) is 6.01. The fraction of sp³-hybridized carbons (Fsp3) is 0.632. The lowest BCUT2D eigenvalue weighted by Crippen LogP contribution is -2.48. The number of hydrogen-bond donors (Lipinski definition) is 1. The number of amides is 2. The fourth-order valence-corrected chi connectivity index (χ4v) is 3.58. The standard InChI is InChI=1S/C19H27FN2O4/c1-24-17(15-2-4-16(20)5-3-15)12-21-18(23)22-8-11-26-14-19(13-22)6-9-25-10-7-19/h2-5,17H,6-14H2,1H3,(H,21,23). The molecular weight excluding hydrogens is 339 g/mol. The zero-order chi connectivity index (χ0) is 18.4. The van der Waals surface area contributed by atoms with E-state index in [1.165, 1.54) is 12.1 Å². The number of hydrogen-bond acceptors (Lipinski definition) is 4. The molecule has 0 aromatic heterocycles. The molecule has 7 heteroatoms. The number of benzene rings is 1. The largest absolute Gasteiger partial charge is 0.381 e. The van der Waals surface area contributed by atoms with Gasteiger partial charge in [-0.2, -0.15) is 0 Å². The van der Waals surface area contributed by atoms with Gasteiger partial charge in [0.15, 0.2) is 0 Å². The van der Waals surface area contributed by atoms with Gasteiger partial charge in [-0.1, -0.05) is 12.1 Å². The van der Waals surface area contributed by atoms with Crippen molar-refractivity contribution < 1.29 is 23.4 Å². The van der Waals surface area contributed by atoms with E-state index in [1.807, 2.05) is 4.90 Å². The molecule has 1 atom stereocenters. The van der Waals surface area contributed by atoms with Crippen LogP contribution < -0.4 is 5.32 Å². The van der Waals surface area contributed by atoms with Crippen LogP contribution in [0.5, 0.6) is 0 Å². The molecule has 2 amide bonds. The highest BCUT2D eigenvalue weighted by Gasteiger charge is 2.38. The predicted molar refractivity (Wildman–Crippen MR) is 94.4 cm³/mol.